The first-order valence-electron chi connectivity index (χ1n) is 7.21. The Balaban J connectivity index is 1.79. The van der Waals surface area contributed by atoms with Crippen LogP contribution in [0.4, 0.5) is 10.1 Å². The Morgan fingerprint density at radius 1 is 0.952 bits per heavy atom. The van der Waals surface area contributed by atoms with Gasteiger partial charge in [-0.15, -0.1) is 0 Å². The summed E-state index contributed by atoms with van der Waals surface area (Å²) in [5, 5.41) is 5.97. The van der Waals surface area contributed by atoms with Gasteiger partial charge in [-0.1, -0.05) is 48.5 Å². The van der Waals surface area contributed by atoms with Crippen LogP contribution in [0.5, 0.6) is 0 Å². The van der Waals surface area contributed by atoms with E-state index in [0.29, 0.717) is 0 Å². The molecule has 2 heteroatoms. The average Bonchev–Trinajstić information content (AvgIpc) is 2.47. The van der Waals surface area contributed by atoms with Gasteiger partial charge >= 0.3 is 0 Å². The number of benzene rings is 3. The normalized spacial score (nSPS) is 12.3. The van der Waals surface area contributed by atoms with Gasteiger partial charge in [0.05, 0.1) is 0 Å². The van der Waals surface area contributed by atoms with Gasteiger partial charge in [0.25, 0.3) is 0 Å². The number of nitrogens with one attached hydrogen (secondary N) is 1. The predicted molar refractivity (Wildman–Crippen MR) is 87.1 cm³/mol. The number of fused-ring (bicyclic) bond motifs is 1. The van der Waals surface area contributed by atoms with Crippen LogP contribution in [0.1, 0.15) is 12.5 Å². The van der Waals surface area contributed by atoms with E-state index in [0.717, 1.165) is 17.7 Å². The van der Waals surface area contributed by atoms with Crippen LogP contribution in [0.25, 0.3) is 10.8 Å². The summed E-state index contributed by atoms with van der Waals surface area (Å²) >= 11 is 0. The highest BCUT2D eigenvalue weighted by atomic mass is 19.1. The molecular formula is C19H18FN. The zero-order chi connectivity index (χ0) is 14.7. The van der Waals surface area contributed by atoms with Crippen molar-refractivity contribution in [2.75, 3.05) is 5.32 Å². The van der Waals surface area contributed by atoms with Crippen LogP contribution in [0.15, 0.2) is 66.7 Å². The summed E-state index contributed by atoms with van der Waals surface area (Å²) in [6, 6.07) is 21.6. The summed E-state index contributed by atoms with van der Waals surface area (Å²) in [4.78, 5) is 0. The van der Waals surface area contributed by atoms with Gasteiger partial charge < -0.3 is 5.32 Å². The second-order valence-electron chi connectivity index (χ2n) is 5.41. The number of rotatable bonds is 4. The van der Waals surface area contributed by atoms with Gasteiger partial charge in [-0.25, -0.2) is 4.39 Å². The second kappa shape index (κ2) is 5.96. The average molecular weight is 279 g/mol. The summed E-state index contributed by atoms with van der Waals surface area (Å²) in [6.45, 7) is 2.12. The lowest BCUT2D eigenvalue weighted by atomic mass is 10.0. The van der Waals surface area contributed by atoms with E-state index in [1.54, 1.807) is 12.1 Å². The fourth-order valence-corrected chi connectivity index (χ4v) is 2.69. The topological polar surface area (TPSA) is 12.0 Å². The third kappa shape index (κ3) is 3.22. The summed E-state index contributed by atoms with van der Waals surface area (Å²) in [5.41, 5.74) is 2.13. The van der Waals surface area contributed by atoms with Crippen molar-refractivity contribution in [3.05, 3.63) is 78.1 Å². The van der Waals surface area contributed by atoms with Gasteiger partial charge in [-0.05, 0) is 42.5 Å². The van der Waals surface area contributed by atoms with E-state index in [9.17, 15) is 4.39 Å². The lowest BCUT2D eigenvalue weighted by Gasteiger charge is -2.17. The molecule has 0 aliphatic heterocycles. The van der Waals surface area contributed by atoms with Crippen LogP contribution in [0.3, 0.4) is 0 Å². The van der Waals surface area contributed by atoms with Crippen molar-refractivity contribution in [3.63, 3.8) is 0 Å². The van der Waals surface area contributed by atoms with Crippen molar-refractivity contribution in [2.45, 2.75) is 19.4 Å². The summed E-state index contributed by atoms with van der Waals surface area (Å²) in [6.07, 6.45) is 0.793. The Kier molecular flexibility index (Phi) is 3.87. The first-order valence-corrected chi connectivity index (χ1v) is 7.21. The molecule has 0 fully saturated rings. The molecule has 0 aliphatic carbocycles. The monoisotopic (exact) mass is 279 g/mol. The minimum absolute atomic E-state index is 0.176. The summed E-state index contributed by atoms with van der Waals surface area (Å²) in [7, 11) is 0. The maximum atomic E-state index is 13.2. The Morgan fingerprint density at radius 3 is 2.57 bits per heavy atom. The Bertz CT molecular complexity index is 746. The molecule has 0 amide bonds. The molecule has 1 unspecified atom stereocenters. The third-order valence-corrected chi connectivity index (χ3v) is 3.62. The van der Waals surface area contributed by atoms with Crippen molar-refractivity contribution in [1.82, 2.24) is 0 Å². The van der Waals surface area contributed by atoms with Crippen LogP contribution in [0, 0.1) is 5.82 Å². The molecular weight excluding hydrogens is 261 g/mol. The molecule has 0 spiro atoms. The lowest BCUT2D eigenvalue weighted by Crippen LogP contribution is -2.18. The highest BCUT2D eigenvalue weighted by Crippen LogP contribution is 2.24. The van der Waals surface area contributed by atoms with Crippen LogP contribution < -0.4 is 5.32 Å². The largest absolute Gasteiger partial charge is 0.382 e. The predicted octanol–water partition coefficient (Wildman–Crippen LogP) is 5.02. The number of halogens is 1. The minimum Gasteiger partial charge on any atom is -0.382 e. The van der Waals surface area contributed by atoms with E-state index in [2.05, 4.69) is 42.6 Å². The fourth-order valence-electron chi connectivity index (χ4n) is 2.69. The molecule has 0 saturated heterocycles. The van der Waals surface area contributed by atoms with Crippen LogP contribution in [-0.2, 0) is 6.42 Å². The highest BCUT2D eigenvalue weighted by molar-refractivity contribution is 5.93. The standard InChI is InChI=1S/C19H18FN/c1-14(12-15-6-4-9-17(20)13-15)21-19-11-5-8-16-7-2-3-10-18(16)19/h2-11,13-14,21H,12H2,1H3. The van der Waals surface area contributed by atoms with Crippen molar-refractivity contribution in [1.29, 1.82) is 0 Å². The number of hydrogen-bond donors (Lipinski definition) is 1. The first-order chi connectivity index (χ1) is 10.2. The molecule has 3 aromatic carbocycles. The molecule has 0 heterocycles. The summed E-state index contributed by atoms with van der Waals surface area (Å²) in [5.74, 6) is -0.176. The van der Waals surface area contributed by atoms with E-state index in [1.807, 2.05) is 18.2 Å². The summed E-state index contributed by atoms with van der Waals surface area (Å²) < 4.78 is 13.2. The second-order valence-corrected chi connectivity index (χ2v) is 5.41. The van der Waals surface area contributed by atoms with Crippen LogP contribution >= 0.6 is 0 Å². The molecule has 21 heavy (non-hydrogen) atoms. The zero-order valence-corrected chi connectivity index (χ0v) is 12.0. The van der Waals surface area contributed by atoms with Gasteiger partial charge in [0.15, 0.2) is 0 Å². The third-order valence-electron chi connectivity index (χ3n) is 3.62. The van der Waals surface area contributed by atoms with Gasteiger partial charge in [-0.2, -0.15) is 0 Å². The molecule has 1 atom stereocenters. The van der Waals surface area contributed by atoms with Crippen LogP contribution in [-0.4, -0.2) is 6.04 Å². The number of anilines is 1. The molecule has 1 nitrogen and oxygen atoms in total. The molecule has 3 aromatic rings. The molecule has 3 rings (SSSR count). The van der Waals surface area contributed by atoms with E-state index in [1.165, 1.54) is 16.8 Å². The maximum Gasteiger partial charge on any atom is 0.123 e. The van der Waals surface area contributed by atoms with Crippen molar-refractivity contribution in [3.8, 4) is 0 Å². The zero-order valence-electron chi connectivity index (χ0n) is 12.0. The van der Waals surface area contributed by atoms with Gasteiger partial charge in [0.2, 0.25) is 0 Å². The molecule has 0 aromatic heterocycles. The fraction of sp³-hybridized carbons (Fsp3) is 0.158. The Hall–Kier alpha value is -2.35. The van der Waals surface area contributed by atoms with Crippen LogP contribution in [0.2, 0.25) is 0 Å². The quantitative estimate of drug-likeness (QED) is 0.707. The lowest BCUT2D eigenvalue weighted by molar-refractivity contribution is 0.624. The smallest absolute Gasteiger partial charge is 0.123 e. The molecule has 0 aliphatic rings. The van der Waals surface area contributed by atoms with E-state index in [-0.39, 0.29) is 11.9 Å². The molecule has 0 radical (unpaired) electrons. The Labute approximate surface area is 124 Å². The van der Waals surface area contributed by atoms with E-state index < -0.39 is 0 Å². The molecule has 106 valence electrons. The molecule has 1 N–H and O–H groups in total. The Morgan fingerprint density at radius 2 is 1.71 bits per heavy atom. The maximum absolute atomic E-state index is 13.2. The minimum atomic E-state index is -0.176. The van der Waals surface area contributed by atoms with E-state index in [4.69, 9.17) is 0 Å². The van der Waals surface area contributed by atoms with E-state index >= 15 is 0 Å². The van der Waals surface area contributed by atoms with Gasteiger partial charge in [0, 0.05) is 17.1 Å². The first kappa shape index (κ1) is 13.6. The van der Waals surface area contributed by atoms with Gasteiger partial charge in [-0.3, -0.25) is 0 Å². The van der Waals surface area contributed by atoms with Crippen molar-refractivity contribution in [2.24, 2.45) is 0 Å². The highest BCUT2D eigenvalue weighted by Gasteiger charge is 2.06. The molecule has 0 saturated carbocycles. The van der Waals surface area contributed by atoms with Gasteiger partial charge in [0.1, 0.15) is 5.82 Å². The van der Waals surface area contributed by atoms with Crippen molar-refractivity contribution >= 4 is 16.5 Å². The number of hydrogen-bond acceptors (Lipinski definition) is 1. The van der Waals surface area contributed by atoms with Crippen molar-refractivity contribution < 1.29 is 4.39 Å². The molecule has 0 bridgehead atoms. The SMILES string of the molecule is CC(Cc1cccc(F)c1)Nc1cccc2ccccc12.